The molecule has 1 aliphatic heterocycles. The van der Waals surface area contributed by atoms with E-state index in [-0.39, 0.29) is 5.24 Å². The summed E-state index contributed by atoms with van der Waals surface area (Å²) in [6, 6.07) is 6.94. The number of amides is 2. The lowest BCUT2D eigenvalue weighted by atomic mass is 10.1. The molecule has 0 spiro atoms. The minimum atomic E-state index is -1.01. The van der Waals surface area contributed by atoms with Gasteiger partial charge in [0.25, 0.3) is 11.1 Å². The Morgan fingerprint density at radius 1 is 1.16 bits per heavy atom. The first-order valence-electron chi connectivity index (χ1n) is 5.30. The zero-order chi connectivity index (χ0) is 13.8. The molecule has 19 heavy (non-hydrogen) atoms. The van der Waals surface area contributed by atoms with E-state index in [1.165, 1.54) is 6.08 Å². The molecular formula is C13H9NO4S. The Bertz CT molecular complexity index is 602. The fourth-order valence-electron chi connectivity index (χ4n) is 1.44. The molecule has 5 nitrogen and oxygen atoms in total. The van der Waals surface area contributed by atoms with Gasteiger partial charge in [-0.15, -0.1) is 0 Å². The van der Waals surface area contributed by atoms with Gasteiger partial charge in [0, 0.05) is 6.08 Å². The number of benzene rings is 1. The highest BCUT2D eigenvalue weighted by Crippen LogP contribution is 2.25. The molecular weight excluding hydrogens is 266 g/mol. The van der Waals surface area contributed by atoms with Crippen molar-refractivity contribution in [3.8, 4) is 0 Å². The van der Waals surface area contributed by atoms with Crippen molar-refractivity contribution >= 4 is 41.0 Å². The lowest BCUT2D eigenvalue weighted by Crippen LogP contribution is -2.17. The summed E-state index contributed by atoms with van der Waals surface area (Å²) in [6.45, 7) is 0. The normalized spacial score (nSPS) is 17.2. The van der Waals surface area contributed by atoms with Crippen molar-refractivity contribution in [1.29, 1.82) is 0 Å². The summed E-state index contributed by atoms with van der Waals surface area (Å²) < 4.78 is 0. The molecule has 0 aromatic heterocycles. The third-order valence-corrected chi connectivity index (χ3v) is 3.11. The summed E-state index contributed by atoms with van der Waals surface area (Å²) >= 11 is 0.857. The average Bonchev–Trinajstić information content (AvgIpc) is 2.67. The minimum absolute atomic E-state index is 0.346. The highest BCUT2D eigenvalue weighted by atomic mass is 32.2. The molecule has 0 aliphatic carbocycles. The predicted molar refractivity (Wildman–Crippen MR) is 72.2 cm³/mol. The highest BCUT2D eigenvalue weighted by Gasteiger charge is 2.24. The number of imide groups is 1. The third kappa shape index (κ3) is 3.56. The summed E-state index contributed by atoms with van der Waals surface area (Å²) in [7, 11) is 0. The summed E-state index contributed by atoms with van der Waals surface area (Å²) in [5.41, 5.74) is 1.50. The molecule has 0 saturated carbocycles. The Kier molecular flexibility index (Phi) is 3.82. The van der Waals surface area contributed by atoms with E-state index in [9.17, 15) is 14.4 Å². The van der Waals surface area contributed by atoms with Crippen molar-refractivity contribution in [3.63, 3.8) is 0 Å². The monoisotopic (exact) mass is 275 g/mol. The minimum Gasteiger partial charge on any atom is -0.478 e. The zero-order valence-corrected chi connectivity index (χ0v) is 10.4. The van der Waals surface area contributed by atoms with E-state index >= 15 is 0 Å². The maximum Gasteiger partial charge on any atom is 0.328 e. The quantitative estimate of drug-likeness (QED) is 0.825. The molecule has 1 heterocycles. The molecule has 2 N–H and O–H groups in total. The molecule has 1 aliphatic rings. The molecule has 0 atom stereocenters. The number of hydrogen-bond acceptors (Lipinski definition) is 4. The van der Waals surface area contributed by atoms with Gasteiger partial charge in [-0.25, -0.2) is 4.79 Å². The smallest absolute Gasteiger partial charge is 0.328 e. The van der Waals surface area contributed by atoms with Crippen LogP contribution in [0.2, 0.25) is 0 Å². The number of carbonyl (C=O) groups excluding carboxylic acids is 2. The van der Waals surface area contributed by atoms with Gasteiger partial charge in [-0.05, 0) is 35.0 Å². The Morgan fingerprint density at radius 2 is 1.79 bits per heavy atom. The van der Waals surface area contributed by atoms with Crippen LogP contribution in [0.3, 0.4) is 0 Å². The fraction of sp³-hybridized carbons (Fsp3) is 0. The number of carboxylic acids is 1. The molecule has 2 rings (SSSR count). The number of carbonyl (C=O) groups is 3. The molecule has 1 aromatic rings. The summed E-state index contributed by atoms with van der Waals surface area (Å²) in [5.74, 6) is -1.41. The first-order chi connectivity index (χ1) is 9.04. The second-order valence-electron chi connectivity index (χ2n) is 3.69. The van der Waals surface area contributed by atoms with Gasteiger partial charge in [-0.3, -0.25) is 14.9 Å². The summed E-state index contributed by atoms with van der Waals surface area (Å²) in [5, 5.41) is 10.3. The van der Waals surface area contributed by atoms with Crippen molar-refractivity contribution in [2.24, 2.45) is 0 Å². The highest BCUT2D eigenvalue weighted by molar-refractivity contribution is 8.18. The van der Waals surface area contributed by atoms with Crippen LogP contribution in [-0.2, 0) is 9.59 Å². The number of carboxylic acid groups (broad SMARTS) is 1. The standard InChI is InChI=1S/C13H9NO4S/c15-11(16)6-5-8-1-3-9(4-2-8)7-10-12(17)14-13(18)19-10/h1-7H,(H,15,16)(H,14,17,18)/b6-5+,10-7+. The van der Waals surface area contributed by atoms with Gasteiger partial charge in [-0.1, -0.05) is 24.3 Å². The molecule has 0 radical (unpaired) electrons. The van der Waals surface area contributed by atoms with Crippen LogP contribution >= 0.6 is 11.8 Å². The third-order valence-electron chi connectivity index (χ3n) is 2.29. The molecule has 1 aromatic carbocycles. The van der Waals surface area contributed by atoms with E-state index in [1.807, 2.05) is 0 Å². The first-order valence-corrected chi connectivity index (χ1v) is 6.12. The van der Waals surface area contributed by atoms with Gasteiger partial charge in [-0.2, -0.15) is 0 Å². The van der Waals surface area contributed by atoms with Crippen molar-refractivity contribution in [3.05, 3.63) is 46.4 Å². The van der Waals surface area contributed by atoms with Gasteiger partial charge in [0.15, 0.2) is 0 Å². The topological polar surface area (TPSA) is 83.5 Å². The largest absolute Gasteiger partial charge is 0.478 e. The van der Waals surface area contributed by atoms with E-state index in [0.717, 1.165) is 29.0 Å². The fourth-order valence-corrected chi connectivity index (χ4v) is 2.13. The number of aliphatic carboxylic acids is 1. The molecule has 96 valence electrons. The Hall–Kier alpha value is -2.34. The van der Waals surface area contributed by atoms with Gasteiger partial charge < -0.3 is 5.11 Å². The van der Waals surface area contributed by atoms with Crippen LogP contribution in [0.15, 0.2) is 35.2 Å². The average molecular weight is 275 g/mol. The van der Waals surface area contributed by atoms with E-state index in [2.05, 4.69) is 5.32 Å². The number of rotatable bonds is 3. The van der Waals surface area contributed by atoms with Crippen LogP contribution in [0.5, 0.6) is 0 Å². The van der Waals surface area contributed by atoms with Crippen molar-refractivity contribution in [2.45, 2.75) is 0 Å². The van der Waals surface area contributed by atoms with Crippen molar-refractivity contribution in [2.75, 3.05) is 0 Å². The second kappa shape index (κ2) is 5.53. The van der Waals surface area contributed by atoms with Crippen molar-refractivity contribution in [1.82, 2.24) is 5.32 Å². The van der Waals surface area contributed by atoms with Crippen LogP contribution in [0.4, 0.5) is 4.79 Å². The molecule has 1 fully saturated rings. The first kappa shape index (κ1) is 13.1. The lowest BCUT2D eigenvalue weighted by Gasteiger charge is -1.96. The second-order valence-corrected chi connectivity index (χ2v) is 4.71. The van der Waals surface area contributed by atoms with E-state index in [1.54, 1.807) is 30.3 Å². The molecule has 0 bridgehead atoms. The summed E-state index contributed by atoms with van der Waals surface area (Å²) in [6.07, 6.45) is 4.13. The number of nitrogens with one attached hydrogen (secondary N) is 1. The van der Waals surface area contributed by atoms with E-state index in [0.29, 0.717) is 4.91 Å². The van der Waals surface area contributed by atoms with E-state index in [4.69, 9.17) is 5.11 Å². The van der Waals surface area contributed by atoms with Gasteiger partial charge >= 0.3 is 5.97 Å². The zero-order valence-electron chi connectivity index (χ0n) is 9.62. The SMILES string of the molecule is O=C(O)/C=C/c1ccc(/C=C2/SC(=O)NC2=O)cc1. The van der Waals surface area contributed by atoms with Crippen LogP contribution in [0.25, 0.3) is 12.2 Å². The van der Waals surface area contributed by atoms with Gasteiger partial charge in [0.05, 0.1) is 4.91 Å². The number of thioether (sulfide) groups is 1. The van der Waals surface area contributed by atoms with Gasteiger partial charge in [0.2, 0.25) is 0 Å². The number of hydrogen-bond donors (Lipinski definition) is 2. The molecule has 0 unspecified atom stereocenters. The van der Waals surface area contributed by atoms with Crippen LogP contribution < -0.4 is 5.32 Å². The van der Waals surface area contributed by atoms with Crippen molar-refractivity contribution < 1.29 is 19.5 Å². The van der Waals surface area contributed by atoms with Crippen LogP contribution in [-0.4, -0.2) is 22.2 Å². The Balaban J connectivity index is 2.15. The Morgan fingerprint density at radius 3 is 2.32 bits per heavy atom. The maximum absolute atomic E-state index is 11.3. The molecule has 1 saturated heterocycles. The molecule has 2 amide bonds. The molecule has 6 heteroatoms. The van der Waals surface area contributed by atoms with Crippen LogP contribution in [0.1, 0.15) is 11.1 Å². The summed E-state index contributed by atoms with van der Waals surface area (Å²) in [4.78, 5) is 33.0. The Labute approximate surface area is 113 Å². The van der Waals surface area contributed by atoms with Crippen LogP contribution in [0, 0.1) is 0 Å². The van der Waals surface area contributed by atoms with E-state index < -0.39 is 11.9 Å². The maximum atomic E-state index is 11.3. The van der Waals surface area contributed by atoms with Gasteiger partial charge in [0.1, 0.15) is 0 Å². The lowest BCUT2D eigenvalue weighted by molar-refractivity contribution is -0.131. The predicted octanol–water partition coefficient (Wildman–Crippen LogP) is 2.11.